The molecule has 0 radical (unpaired) electrons. The van der Waals surface area contributed by atoms with Gasteiger partial charge in [-0.15, -0.1) is 0 Å². The second-order valence-electron chi connectivity index (χ2n) is 3.07. The van der Waals surface area contributed by atoms with Crippen LogP contribution < -0.4 is 5.73 Å². The van der Waals surface area contributed by atoms with Crippen LogP contribution in [0.25, 0.3) is 0 Å². The van der Waals surface area contributed by atoms with E-state index in [4.69, 9.17) is 5.73 Å². The van der Waals surface area contributed by atoms with Gasteiger partial charge >= 0.3 is 0 Å². The standard InChI is InChI=1S/C9H9BrFN/c10-7-3-1-5-6(9(7)11)2-4-8(5)12/h1,3,8H,2,4,12H2/t8-/m1/s1. The maximum Gasteiger partial charge on any atom is 0.140 e. The van der Waals surface area contributed by atoms with E-state index in [-0.39, 0.29) is 11.9 Å². The predicted octanol–water partition coefficient (Wildman–Crippen LogP) is 2.53. The molecule has 64 valence electrons. The van der Waals surface area contributed by atoms with Crippen molar-refractivity contribution in [2.75, 3.05) is 0 Å². The van der Waals surface area contributed by atoms with Crippen molar-refractivity contribution in [1.29, 1.82) is 0 Å². The van der Waals surface area contributed by atoms with Crippen LogP contribution in [-0.4, -0.2) is 0 Å². The maximum absolute atomic E-state index is 13.4. The van der Waals surface area contributed by atoms with Crippen LogP contribution in [0.4, 0.5) is 4.39 Å². The second-order valence-corrected chi connectivity index (χ2v) is 3.93. The second kappa shape index (κ2) is 2.82. The lowest BCUT2D eigenvalue weighted by Gasteiger charge is -2.05. The molecule has 0 aromatic heterocycles. The smallest absolute Gasteiger partial charge is 0.140 e. The van der Waals surface area contributed by atoms with E-state index in [2.05, 4.69) is 15.9 Å². The van der Waals surface area contributed by atoms with Crippen LogP contribution in [0.2, 0.25) is 0 Å². The minimum Gasteiger partial charge on any atom is -0.324 e. The van der Waals surface area contributed by atoms with Gasteiger partial charge in [0.1, 0.15) is 5.82 Å². The summed E-state index contributed by atoms with van der Waals surface area (Å²) < 4.78 is 13.9. The lowest BCUT2D eigenvalue weighted by atomic mass is 10.1. The highest BCUT2D eigenvalue weighted by molar-refractivity contribution is 9.10. The number of hydrogen-bond donors (Lipinski definition) is 1. The zero-order valence-corrected chi connectivity index (χ0v) is 8.07. The summed E-state index contributed by atoms with van der Waals surface area (Å²) in [6, 6.07) is 3.65. The van der Waals surface area contributed by atoms with E-state index < -0.39 is 0 Å². The van der Waals surface area contributed by atoms with Crippen molar-refractivity contribution in [2.24, 2.45) is 5.73 Å². The molecule has 0 spiro atoms. The lowest BCUT2D eigenvalue weighted by molar-refractivity contribution is 0.606. The summed E-state index contributed by atoms with van der Waals surface area (Å²) in [7, 11) is 0. The van der Waals surface area contributed by atoms with E-state index in [0.29, 0.717) is 4.47 Å². The van der Waals surface area contributed by atoms with Gasteiger partial charge in [0.25, 0.3) is 0 Å². The van der Waals surface area contributed by atoms with Crippen molar-refractivity contribution in [3.8, 4) is 0 Å². The molecule has 1 aromatic carbocycles. The number of hydrogen-bond acceptors (Lipinski definition) is 1. The lowest BCUT2D eigenvalue weighted by Crippen LogP contribution is -2.05. The molecule has 1 aromatic rings. The molecule has 12 heavy (non-hydrogen) atoms. The molecular weight excluding hydrogens is 221 g/mol. The molecule has 3 heteroatoms. The fraction of sp³-hybridized carbons (Fsp3) is 0.333. The van der Waals surface area contributed by atoms with Gasteiger partial charge in [-0.05, 0) is 46.0 Å². The normalized spacial score (nSPS) is 21.1. The zero-order valence-electron chi connectivity index (χ0n) is 6.48. The van der Waals surface area contributed by atoms with E-state index in [9.17, 15) is 4.39 Å². The Labute approximate surface area is 78.9 Å². The summed E-state index contributed by atoms with van der Waals surface area (Å²) in [5.74, 6) is -0.138. The third kappa shape index (κ3) is 1.08. The zero-order chi connectivity index (χ0) is 8.72. The van der Waals surface area contributed by atoms with Crippen LogP contribution in [0.3, 0.4) is 0 Å². The van der Waals surface area contributed by atoms with Gasteiger partial charge in [0.2, 0.25) is 0 Å². The molecule has 0 bridgehead atoms. The Balaban J connectivity index is 2.60. The summed E-state index contributed by atoms with van der Waals surface area (Å²) in [6.45, 7) is 0. The first-order valence-corrected chi connectivity index (χ1v) is 4.72. The highest BCUT2D eigenvalue weighted by Crippen LogP contribution is 2.33. The van der Waals surface area contributed by atoms with Crippen LogP contribution in [-0.2, 0) is 6.42 Å². The molecule has 0 saturated heterocycles. The summed E-state index contributed by atoms with van der Waals surface area (Å²) in [6.07, 6.45) is 1.63. The SMILES string of the molecule is N[C@@H]1CCc2c1ccc(Br)c2F. The first kappa shape index (κ1) is 8.20. The minimum atomic E-state index is -0.138. The molecule has 1 nitrogen and oxygen atoms in total. The van der Waals surface area contributed by atoms with Crippen molar-refractivity contribution in [1.82, 2.24) is 0 Å². The fourth-order valence-electron chi connectivity index (χ4n) is 1.66. The van der Waals surface area contributed by atoms with Gasteiger partial charge in [-0.25, -0.2) is 4.39 Å². The van der Waals surface area contributed by atoms with E-state index in [1.807, 2.05) is 6.07 Å². The Morgan fingerprint density at radius 2 is 2.25 bits per heavy atom. The van der Waals surface area contributed by atoms with Gasteiger partial charge in [-0.2, -0.15) is 0 Å². The number of halogens is 2. The third-order valence-electron chi connectivity index (χ3n) is 2.34. The summed E-state index contributed by atoms with van der Waals surface area (Å²) in [5, 5.41) is 0. The monoisotopic (exact) mass is 229 g/mol. The summed E-state index contributed by atoms with van der Waals surface area (Å²) in [4.78, 5) is 0. The highest BCUT2D eigenvalue weighted by atomic mass is 79.9. The van der Waals surface area contributed by atoms with Crippen LogP contribution in [0.15, 0.2) is 16.6 Å². The van der Waals surface area contributed by atoms with E-state index >= 15 is 0 Å². The minimum absolute atomic E-state index is 0.0302. The van der Waals surface area contributed by atoms with Crippen molar-refractivity contribution < 1.29 is 4.39 Å². The van der Waals surface area contributed by atoms with Gasteiger partial charge in [-0.3, -0.25) is 0 Å². The van der Waals surface area contributed by atoms with Gasteiger partial charge in [-0.1, -0.05) is 6.07 Å². The predicted molar refractivity (Wildman–Crippen MR) is 49.3 cm³/mol. The number of benzene rings is 1. The Hall–Kier alpha value is -0.410. The maximum atomic E-state index is 13.4. The van der Waals surface area contributed by atoms with Crippen molar-refractivity contribution in [3.63, 3.8) is 0 Å². The molecule has 1 atom stereocenters. The van der Waals surface area contributed by atoms with Crippen LogP contribution >= 0.6 is 15.9 Å². The first-order chi connectivity index (χ1) is 5.70. The quantitative estimate of drug-likeness (QED) is 0.728. The molecular formula is C9H9BrFN. The molecule has 1 aliphatic rings. The van der Waals surface area contributed by atoms with Crippen molar-refractivity contribution in [2.45, 2.75) is 18.9 Å². The van der Waals surface area contributed by atoms with Gasteiger partial charge in [0, 0.05) is 6.04 Å². The molecule has 0 aliphatic heterocycles. The average molecular weight is 230 g/mol. The van der Waals surface area contributed by atoms with Gasteiger partial charge in [0.15, 0.2) is 0 Å². The third-order valence-corrected chi connectivity index (χ3v) is 2.95. The van der Waals surface area contributed by atoms with Gasteiger partial charge < -0.3 is 5.73 Å². The van der Waals surface area contributed by atoms with Crippen LogP contribution in [0.1, 0.15) is 23.6 Å². The Kier molecular flexibility index (Phi) is 1.93. The Morgan fingerprint density at radius 3 is 3.00 bits per heavy atom. The molecule has 2 N–H and O–H groups in total. The first-order valence-electron chi connectivity index (χ1n) is 3.92. The molecule has 0 unspecified atom stereocenters. The van der Waals surface area contributed by atoms with Gasteiger partial charge in [0.05, 0.1) is 4.47 Å². The number of nitrogens with two attached hydrogens (primary N) is 1. The van der Waals surface area contributed by atoms with Crippen LogP contribution in [0.5, 0.6) is 0 Å². The van der Waals surface area contributed by atoms with E-state index in [1.165, 1.54) is 0 Å². The Morgan fingerprint density at radius 1 is 1.50 bits per heavy atom. The molecule has 2 rings (SSSR count). The van der Waals surface area contributed by atoms with Crippen LogP contribution in [0, 0.1) is 5.82 Å². The molecule has 1 aliphatic carbocycles. The molecule has 0 heterocycles. The fourth-order valence-corrected chi connectivity index (χ4v) is 2.04. The molecule has 0 amide bonds. The summed E-state index contributed by atoms with van der Waals surface area (Å²) >= 11 is 3.15. The highest BCUT2D eigenvalue weighted by Gasteiger charge is 2.22. The van der Waals surface area contributed by atoms with Crippen molar-refractivity contribution in [3.05, 3.63) is 33.5 Å². The molecule has 0 saturated carbocycles. The van der Waals surface area contributed by atoms with Crippen molar-refractivity contribution >= 4 is 15.9 Å². The number of fused-ring (bicyclic) bond motifs is 1. The van der Waals surface area contributed by atoms with E-state index in [1.54, 1.807) is 6.07 Å². The summed E-state index contributed by atoms with van der Waals surface area (Å²) in [5.41, 5.74) is 7.54. The topological polar surface area (TPSA) is 26.0 Å². The average Bonchev–Trinajstić information content (AvgIpc) is 2.41. The molecule has 0 fully saturated rings. The van der Waals surface area contributed by atoms with E-state index in [0.717, 1.165) is 24.0 Å². The largest absolute Gasteiger partial charge is 0.324 e. The Bertz CT molecular complexity index is 325. The number of rotatable bonds is 0.